The van der Waals surface area contributed by atoms with Gasteiger partial charge in [0.25, 0.3) is 0 Å². The fourth-order valence-corrected chi connectivity index (χ4v) is 4.56. The lowest BCUT2D eigenvalue weighted by atomic mass is 10.0. The quantitative estimate of drug-likeness (QED) is 0.539. The van der Waals surface area contributed by atoms with Crippen molar-refractivity contribution in [2.24, 2.45) is 0 Å². The van der Waals surface area contributed by atoms with E-state index in [4.69, 9.17) is 10.1 Å². The SMILES string of the molecule is Cc1nn(C(C)C)c(C)c1CN1CCC[C@H]1c1ccc(Cc2ccc(F)cc2)cn1. The van der Waals surface area contributed by atoms with Crippen LogP contribution in [0, 0.1) is 19.7 Å². The molecule has 2 aromatic heterocycles. The molecule has 0 bridgehead atoms. The number of aromatic nitrogens is 3. The third-order valence-electron chi connectivity index (χ3n) is 6.20. The lowest BCUT2D eigenvalue weighted by Crippen LogP contribution is -2.24. The Labute approximate surface area is 178 Å². The van der Waals surface area contributed by atoms with Gasteiger partial charge in [0.2, 0.25) is 0 Å². The molecular weight excluding hydrogens is 375 g/mol. The Morgan fingerprint density at radius 3 is 2.43 bits per heavy atom. The first-order valence-corrected chi connectivity index (χ1v) is 10.9. The zero-order valence-electron chi connectivity index (χ0n) is 18.4. The summed E-state index contributed by atoms with van der Waals surface area (Å²) in [5.41, 5.74) is 7.15. The topological polar surface area (TPSA) is 34.0 Å². The van der Waals surface area contributed by atoms with Crippen LogP contribution >= 0.6 is 0 Å². The average Bonchev–Trinajstić information content (AvgIpc) is 3.30. The summed E-state index contributed by atoms with van der Waals surface area (Å²) in [6, 6.07) is 11.8. The van der Waals surface area contributed by atoms with Crippen LogP contribution < -0.4 is 0 Å². The van der Waals surface area contributed by atoms with Crippen LogP contribution in [0.2, 0.25) is 0 Å². The molecule has 1 fully saturated rings. The van der Waals surface area contributed by atoms with Crippen molar-refractivity contribution in [1.82, 2.24) is 19.7 Å². The van der Waals surface area contributed by atoms with Crippen molar-refractivity contribution < 1.29 is 4.39 Å². The van der Waals surface area contributed by atoms with Gasteiger partial charge in [-0.05, 0) is 82.8 Å². The number of hydrogen-bond acceptors (Lipinski definition) is 3. The second kappa shape index (κ2) is 8.68. The molecule has 0 aliphatic carbocycles. The van der Waals surface area contributed by atoms with Crippen LogP contribution in [0.4, 0.5) is 4.39 Å². The third-order valence-corrected chi connectivity index (χ3v) is 6.20. The molecule has 4 nitrogen and oxygen atoms in total. The van der Waals surface area contributed by atoms with Gasteiger partial charge in [0.05, 0.1) is 17.4 Å². The molecule has 1 saturated heterocycles. The molecule has 0 unspecified atom stereocenters. The van der Waals surface area contributed by atoms with Gasteiger partial charge in [-0.1, -0.05) is 18.2 Å². The predicted molar refractivity (Wildman–Crippen MR) is 118 cm³/mol. The molecule has 1 aliphatic heterocycles. The summed E-state index contributed by atoms with van der Waals surface area (Å²) in [6.07, 6.45) is 5.08. The van der Waals surface area contributed by atoms with E-state index in [1.54, 1.807) is 0 Å². The Morgan fingerprint density at radius 2 is 1.80 bits per heavy atom. The molecule has 4 rings (SSSR count). The fourth-order valence-electron chi connectivity index (χ4n) is 4.56. The summed E-state index contributed by atoms with van der Waals surface area (Å²) in [5.74, 6) is -0.196. The van der Waals surface area contributed by atoms with Crippen molar-refractivity contribution in [2.75, 3.05) is 6.54 Å². The highest BCUT2D eigenvalue weighted by atomic mass is 19.1. The monoisotopic (exact) mass is 406 g/mol. The van der Waals surface area contributed by atoms with Crippen molar-refractivity contribution in [3.8, 4) is 0 Å². The molecule has 30 heavy (non-hydrogen) atoms. The molecular formula is C25H31FN4. The van der Waals surface area contributed by atoms with Gasteiger partial charge >= 0.3 is 0 Å². The van der Waals surface area contributed by atoms with Crippen LogP contribution in [-0.2, 0) is 13.0 Å². The second-order valence-electron chi connectivity index (χ2n) is 8.71. The third kappa shape index (κ3) is 4.31. The normalized spacial score (nSPS) is 17.2. The Hall–Kier alpha value is -2.53. The fraction of sp³-hybridized carbons (Fsp3) is 0.440. The van der Waals surface area contributed by atoms with E-state index in [-0.39, 0.29) is 5.82 Å². The van der Waals surface area contributed by atoms with E-state index < -0.39 is 0 Å². The van der Waals surface area contributed by atoms with E-state index in [2.05, 4.69) is 49.4 Å². The Bertz CT molecular complexity index is 989. The highest BCUT2D eigenvalue weighted by Crippen LogP contribution is 2.33. The minimum Gasteiger partial charge on any atom is -0.290 e. The number of rotatable bonds is 6. The summed E-state index contributed by atoms with van der Waals surface area (Å²) in [6.45, 7) is 10.7. The standard InChI is InChI=1S/C25H31FN4/c1-17(2)30-19(4)23(18(3)28-30)16-29-13-5-6-25(29)24-12-9-21(15-27-24)14-20-7-10-22(26)11-8-20/h7-12,15,17,25H,5-6,13-14,16H2,1-4H3/t25-/m0/s1. The molecule has 5 heteroatoms. The predicted octanol–water partition coefficient (Wildman–Crippen LogP) is 5.54. The number of halogens is 1. The molecule has 1 atom stereocenters. The first-order chi connectivity index (χ1) is 14.4. The first-order valence-electron chi connectivity index (χ1n) is 10.9. The van der Waals surface area contributed by atoms with Crippen LogP contribution in [0.3, 0.4) is 0 Å². The largest absolute Gasteiger partial charge is 0.290 e. The van der Waals surface area contributed by atoms with Crippen molar-refractivity contribution in [3.63, 3.8) is 0 Å². The van der Waals surface area contributed by atoms with E-state index in [1.807, 2.05) is 18.3 Å². The van der Waals surface area contributed by atoms with Crippen LogP contribution in [0.15, 0.2) is 42.6 Å². The van der Waals surface area contributed by atoms with Crippen LogP contribution in [0.5, 0.6) is 0 Å². The van der Waals surface area contributed by atoms with Gasteiger partial charge in [-0.3, -0.25) is 14.6 Å². The molecule has 0 radical (unpaired) electrons. The van der Waals surface area contributed by atoms with Gasteiger partial charge in [-0.25, -0.2) is 4.39 Å². The molecule has 0 spiro atoms. The number of benzene rings is 1. The van der Waals surface area contributed by atoms with Crippen LogP contribution in [0.25, 0.3) is 0 Å². The first kappa shape index (κ1) is 20.7. The number of hydrogen-bond donors (Lipinski definition) is 0. The molecule has 0 amide bonds. The van der Waals surface area contributed by atoms with E-state index in [9.17, 15) is 4.39 Å². The number of likely N-dealkylation sites (tertiary alicyclic amines) is 1. The summed E-state index contributed by atoms with van der Waals surface area (Å²) in [7, 11) is 0. The van der Waals surface area contributed by atoms with Gasteiger partial charge in [0, 0.05) is 30.0 Å². The summed E-state index contributed by atoms with van der Waals surface area (Å²) >= 11 is 0. The zero-order chi connectivity index (χ0) is 21.3. The van der Waals surface area contributed by atoms with E-state index in [0.717, 1.165) is 48.4 Å². The van der Waals surface area contributed by atoms with Crippen molar-refractivity contribution in [3.05, 3.63) is 82.2 Å². The molecule has 3 aromatic rings. The number of aryl methyl sites for hydroxylation is 1. The Balaban J connectivity index is 1.48. The molecule has 3 heterocycles. The minimum absolute atomic E-state index is 0.196. The van der Waals surface area contributed by atoms with Gasteiger partial charge in [-0.2, -0.15) is 5.10 Å². The van der Waals surface area contributed by atoms with E-state index in [1.165, 1.54) is 29.8 Å². The maximum Gasteiger partial charge on any atom is 0.123 e. The number of nitrogens with zero attached hydrogens (tertiary/aromatic N) is 4. The maximum absolute atomic E-state index is 13.1. The Kier molecular flexibility index (Phi) is 6.00. The summed E-state index contributed by atoms with van der Waals surface area (Å²) in [4.78, 5) is 7.35. The van der Waals surface area contributed by atoms with Gasteiger partial charge in [0.1, 0.15) is 5.82 Å². The van der Waals surface area contributed by atoms with Gasteiger partial charge < -0.3 is 0 Å². The van der Waals surface area contributed by atoms with Crippen molar-refractivity contribution in [2.45, 2.75) is 65.6 Å². The smallest absolute Gasteiger partial charge is 0.123 e. The molecule has 1 aliphatic rings. The lowest BCUT2D eigenvalue weighted by Gasteiger charge is -2.24. The van der Waals surface area contributed by atoms with Crippen molar-refractivity contribution >= 4 is 0 Å². The summed E-state index contributed by atoms with van der Waals surface area (Å²) in [5, 5.41) is 4.76. The molecule has 1 aromatic carbocycles. The van der Waals surface area contributed by atoms with Crippen LogP contribution in [0.1, 0.15) is 72.5 Å². The average molecular weight is 407 g/mol. The zero-order valence-corrected chi connectivity index (χ0v) is 18.4. The maximum atomic E-state index is 13.1. The molecule has 158 valence electrons. The van der Waals surface area contributed by atoms with Gasteiger partial charge in [-0.15, -0.1) is 0 Å². The van der Waals surface area contributed by atoms with E-state index >= 15 is 0 Å². The molecule has 0 saturated carbocycles. The molecule has 0 N–H and O–H groups in total. The van der Waals surface area contributed by atoms with Crippen LogP contribution in [-0.4, -0.2) is 26.2 Å². The van der Waals surface area contributed by atoms with Crippen molar-refractivity contribution in [1.29, 1.82) is 0 Å². The Morgan fingerprint density at radius 1 is 1.07 bits per heavy atom. The minimum atomic E-state index is -0.196. The number of pyridine rings is 1. The van der Waals surface area contributed by atoms with E-state index in [0.29, 0.717) is 12.1 Å². The second-order valence-corrected chi connectivity index (χ2v) is 8.71. The van der Waals surface area contributed by atoms with Gasteiger partial charge in [0.15, 0.2) is 0 Å². The highest BCUT2D eigenvalue weighted by molar-refractivity contribution is 5.28. The highest BCUT2D eigenvalue weighted by Gasteiger charge is 2.28. The summed E-state index contributed by atoms with van der Waals surface area (Å²) < 4.78 is 15.2. The lowest BCUT2D eigenvalue weighted by molar-refractivity contribution is 0.243.